The van der Waals surface area contributed by atoms with E-state index < -0.39 is 0 Å². The van der Waals surface area contributed by atoms with Crippen molar-refractivity contribution in [3.05, 3.63) is 28.4 Å². The van der Waals surface area contributed by atoms with Gasteiger partial charge in [-0.25, -0.2) is 0 Å². The Bertz CT molecular complexity index is 434. The SMILES string of the molecule is CCCCc1[nH]nc2ccc(Br)cc12. The second-order valence-electron chi connectivity index (χ2n) is 3.47. The molecule has 1 aromatic heterocycles. The van der Waals surface area contributed by atoms with Crippen molar-refractivity contribution in [2.24, 2.45) is 0 Å². The minimum absolute atomic E-state index is 1.05. The van der Waals surface area contributed by atoms with Gasteiger partial charge >= 0.3 is 0 Å². The molecule has 0 amide bonds. The maximum Gasteiger partial charge on any atom is 0.0924 e. The van der Waals surface area contributed by atoms with Gasteiger partial charge in [0.1, 0.15) is 0 Å². The van der Waals surface area contributed by atoms with Crippen molar-refractivity contribution in [1.82, 2.24) is 10.2 Å². The topological polar surface area (TPSA) is 28.7 Å². The molecule has 1 heterocycles. The van der Waals surface area contributed by atoms with Gasteiger partial charge in [0.25, 0.3) is 0 Å². The summed E-state index contributed by atoms with van der Waals surface area (Å²) in [5, 5.41) is 8.62. The second-order valence-corrected chi connectivity index (χ2v) is 4.38. The van der Waals surface area contributed by atoms with Crippen LogP contribution in [0.4, 0.5) is 0 Å². The lowest BCUT2D eigenvalue weighted by Gasteiger charge is -1.96. The molecule has 74 valence electrons. The average molecular weight is 253 g/mol. The van der Waals surface area contributed by atoms with Gasteiger partial charge in [-0.15, -0.1) is 0 Å². The minimum atomic E-state index is 1.05. The molecule has 0 bridgehead atoms. The fourth-order valence-corrected chi connectivity index (χ4v) is 1.94. The van der Waals surface area contributed by atoms with E-state index in [1.165, 1.54) is 23.9 Å². The summed E-state index contributed by atoms with van der Waals surface area (Å²) in [6.07, 6.45) is 3.52. The van der Waals surface area contributed by atoms with E-state index in [4.69, 9.17) is 0 Å². The van der Waals surface area contributed by atoms with Gasteiger partial charge in [-0.05, 0) is 31.0 Å². The van der Waals surface area contributed by atoms with Crippen molar-refractivity contribution in [3.63, 3.8) is 0 Å². The van der Waals surface area contributed by atoms with Gasteiger partial charge in [-0.3, -0.25) is 5.10 Å². The van der Waals surface area contributed by atoms with Gasteiger partial charge in [0.05, 0.1) is 5.52 Å². The van der Waals surface area contributed by atoms with Crippen molar-refractivity contribution in [1.29, 1.82) is 0 Å². The van der Waals surface area contributed by atoms with Gasteiger partial charge in [-0.1, -0.05) is 29.3 Å². The molecule has 2 nitrogen and oxygen atoms in total. The van der Waals surface area contributed by atoms with Crippen LogP contribution in [0.2, 0.25) is 0 Å². The quantitative estimate of drug-likeness (QED) is 0.888. The number of unbranched alkanes of at least 4 members (excludes halogenated alkanes) is 1. The fraction of sp³-hybridized carbons (Fsp3) is 0.364. The summed E-state index contributed by atoms with van der Waals surface area (Å²) >= 11 is 3.48. The lowest BCUT2D eigenvalue weighted by molar-refractivity contribution is 0.775. The monoisotopic (exact) mass is 252 g/mol. The summed E-state index contributed by atoms with van der Waals surface area (Å²) in [4.78, 5) is 0. The molecule has 0 saturated heterocycles. The zero-order chi connectivity index (χ0) is 9.97. The molecule has 0 unspecified atom stereocenters. The van der Waals surface area contributed by atoms with E-state index in [1.807, 2.05) is 12.1 Å². The first-order valence-corrected chi connectivity index (χ1v) is 5.73. The van der Waals surface area contributed by atoms with Gasteiger partial charge in [-0.2, -0.15) is 5.10 Å². The fourth-order valence-electron chi connectivity index (χ4n) is 1.58. The molecule has 3 heteroatoms. The molecule has 0 saturated carbocycles. The van der Waals surface area contributed by atoms with Crippen LogP contribution in [0, 0.1) is 0 Å². The molecular formula is C11H13BrN2. The molecule has 0 radical (unpaired) electrons. The van der Waals surface area contributed by atoms with Crippen molar-refractivity contribution < 1.29 is 0 Å². The third kappa shape index (κ3) is 1.82. The molecule has 0 aliphatic carbocycles. The Morgan fingerprint density at radius 2 is 2.29 bits per heavy atom. The normalized spacial score (nSPS) is 11.0. The van der Waals surface area contributed by atoms with E-state index >= 15 is 0 Å². The summed E-state index contributed by atoms with van der Waals surface area (Å²) in [6, 6.07) is 6.18. The summed E-state index contributed by atoms with van der Waals surface area (Å²) in [5.41, 5.74) is 2.31. The third-order valence-corrected chi connectivity index (χ3v) is 2.87. The maximum atomic E-state index is 4.27. The molecule has 1 N–H and O–H groups in total. The summed E-state index contributed by atoms with van der Waals surface area (Å²) in [7, 11) is 0. The van der Waals surface area contributed by atoms with Crippen LogP contribution in [-0.4, -0.2) is 10.2 Å². The third-order valence-electron chi connectivity index (χ3n) is 2.38. The van der Waals surface area contributed by atoms with Crippen molar-refractivity contribution in [2.75, 3.05) is 0 Å². The summed E-state index contributed by atoms with van der Waals surface area (Å²) in [6.45, 7) is 2.20. The number of halogens is 1. The second kappa shape index (κ2) is 4.13. The zero-order valence-corrected chi connectivity index (χ0v) is 9.76. The highest BCUT2D eigenvalue weighted by atomic mass is 79.9. The van der Waals surface area contributed by atoms with Crippen molar-refractivity contribution >= 4 is 26.8 Å². The Labute approximate surface area is 91.8 Å². The number of aromatic nitrogens is 2. The highest BCUT2D eigenvalue weighted by Crippen LogP contribution is 2.21. The molecule has 14 heavy (non-hydrogen) atoms. The highest BCUT2D eigenvalue weighted by molar-refractivity contribution is 9.10. The predicted molar refractivity (Wildman–Crippen MR) is 62.4 cm³/mol. The van der Waals surface area contributed by atoms with Crippen LogP contribution < -0.4 is 0 Å². The standard InChI is InChI=1S/C11H13BrN2/c1-2-3-4-10-9-7-8(12)5-6-11(9)14-13-10/h5-7H,2-4H2,1H3,(H,13,14). The Morgan fingerprint density at radius 1 is 1.43 bits per heavy atom. The van der Waals surface area contributed by atoms with Crippen LogP contribution in [-0.2, 0) is 6.42 Å². The number of hydrogen-bond donors (Lipinski definition) is 1. The molecular weight excluding hydrogens is 240 g/mol. The van der Waals surface area contributed by atoms with Gasteiger partial charge in [0.15, 0.2) is 0 Å². The number of fused-ring (bicyclic) bond motifs is 1. The number of hydrogen-bond acceptors (Lipinski definition) is 1. The van der Waals surface area contributed by atoms with Gasteiger partial charge < -0.3 is 0 Å². The van der Waals surface area contributed by atoms with Crippen LogP contribution in [0.3, 0.4) is 0 Å². The molecule has 0 aliphatic rings. The van der Waals surface area contributed by atoms with E-state index in [0.717, 1.165) is 16.4 Å². The van der Waals surface area contributed by atoms with E-state index in [2.05, 4.69) is 39.1 Å². The highest BCUT2D eigenvalue weighted by Gasteiger charge is 2.04. The molecule has 2 rings (SSSR count). The Morgan fingerprint density at radius 3 is 3.07 bits per heavy atom. The van der Waals surface area contributed by atoms with E-state index in [1.54, 1.807) is 0 Å². The first-order chi connectivity index (χ1) is 6.81. The van der Waals surface area contributed by atoms with Crippen LogP contribution in [0.1, 0.15) is 25.5 Å². The summed E-state index contributed by atoms with van der Waals surface area (Å²) in [5.74, 6) is 0. The lowest BCUT2D eigenvalue weighted by Crippen LogP contribution is -1.85. The first kappa shape index (κ1) is 9.71. The van der Waals surface area contributed by atoms with Crippen LogP contribution in [0.25, 0.3) is 10.9 Å². The molecule has 0 atom stereocenters. The van der Waals surface area contributed by atoms with Crippen LogP contribution in [0.15, 0.2) is 22.7 Å². The lowest BCUT2D eigenvalue weighted by atomic mass is 10.1. The van der Waals surface area contributed by atoms with E-state index in [9.17, 15) is 0 Å². The molecule has 1 aromatic carbocycles. The Hall–Kier alpha value is -0.830. The van der Waals surface area contributed by atoms with Crippen LogP contribution >= 0.6 is 15.9 Å². The molecule has 0 spiro atoms. The summed E-state index contributed by atoms with van der Waals surface area (Å²) < 4.78 is 1.11. The predicted octanol–water partition coefficient (Wildman–Crippen LogP) is 3.67. The van der Waals surface area contributed by atoms with Gasteiger partial charge in [0.2, 0.25) is 0 Å². The Kier molecular flexibility index (Phi) is 2.87. The number of nitrogens with one attached hydrogen (secondary N) is 1. The number of nitrogens with zero attached hydrogens (tertiary/aromatic N) is 1. The number of aryl methyl sites for hydroxylation is 1. The smallest absolute Gasteiger partial charge is 0.0924 e. The average Bonchev–Trinajstić information content (AvgIpc) is 2.57. The molecule has 2 aromatic rings. The van der Waals surface area contributed by atoms with E-state index in [0.29, 0.717) is 0 Å². The van der Waals surface area contributed by atoms with Crippen molar-refractivity contribution in [3.8, 4) is 0 Å². The maximum absolute atomic E-state index is 4.27. The van der Waals surface area contributed by atoms with Gasteiger partial charge in [0, 0.05) is 15.6 Å². The number of rotatable bonds is 3. The first-order valence-electron chi connectivity index (χ1n) is 4.93. The minimum Gasteiger partial charge on any atom is -0.281 e. The van der Waals surface area contributed by atoms with Crippen molar-refractivity contribution in [2.45, 2.75) is 26.2 Å². The number of benzene rings is 1. The van der Waals surface area contributed by atoms with E-state index in [-0.39, 0.29) is 0 Å². The van der Waals surface area contributed by atoms with Crippen LogP contribution in [0.5, 0.6) is 0 Å². The number of H-pyrrole nitrogens is 1. The molecule has 0 fully saturated rings. The Balaban J connectivity index is 2.40. The zero-order valence-electron chi connectivity index (χ0n) is 8.18. The number of aromatic amines is 1. The largest absolute Gasteiger partial charge is 0.281 e. The molecule has 0 aliphatic heterocycles.